The average Bonchev–Trinajstić information content (AvgIpc) is 3.37. The van der Waals surface area contributed by atoms with Crippen molar-refractivity contribution in [2.75, 3.05) is 40.9 Å². The third-order valence-corrected chi connectivity index (χ3v) is 15.2. The number of esters is 1. The summed E-state index contributed by atoms with van der Waals surface area (Å²) in [4.78, 5) is 40.0. The molecule has 3 unspecified atom stereocenters. The fourth-order valence-corrected chi connectivity index (χ4v) is 10.0. The zero-order chi connectivity index (χ0) is 55.0. The number of nitrogens with one attached hydrogen (secondary N) is 1. The number of phosphoric ester groups is 1. The summed E-state index contributed by atoms with van der Waals surface area (Å²) in [5, 5.41) is 3.03. The van der Waals surface area contributed by atoms with Crippen LogP contribution in [0.4, 0.5) is 0 Å². The predicted octanol–water partition coefficient (Wildman–Crippen LogP) is 19.0. The molecule has 0 radical (unpaired) electrons. The fourth-order valence-electron chi connectivity index (χ4n) is 9.32. The Kier molecular flexibility index (Phi) is 53.8. The molecular formula is C65H123N2O7P. The highest BCUT2D eigenvalue weighted by Crippen LogP contribution is 2.38. The molecule has 0 bridgehead atoms. The number of rotatable bonds is 58. The molecule has 75 heavy (non-hydrogen) atoms. The number of carbonyl (C=O) groups is 2. The molecule has 0 fully saturated rings. The second-order valence-corrected chi connectivity index (χ2v) is 24.3. The molecule has 3 atom stereocenters. The Morgan fingerprint density at radius 3 is 1.28 bits per heavy atom. The maximum Gasteiger partial charge on any atom is 0.306 e. The molecule has 0 heterocycles. The van der Waals surface area contributed by atoms with Crippen molar-refractivity contribution < 1.29 is 37.3 Å². The highest BCUT2D eigenvalue weighted by molar-refractivity contribution is 7.45. The van der Waals surface area contributed by atoms with E-state index in [1.807, 2.05) is 33.3 Å². The van der Waals surface area contributed by atoms with Gasteiger partial charge >= 0.3 is 5.97 Å². The maximum atomic E-state index is 13.5. The largest absolute Gasteiger partial charge is 0.756 e. The van der Waals surface area contributed by atoms with Crippen LogP contribution < -0.4 is 10.2 Å². The van der Waals surface area contributed by atoms with Gasteiger partial charge in [-0.3, -0.25) is 14.2 Å². The van der Waals surface area contributed by atoms with Gasteiger partial charge in [0.2, 0.25) is 5.91 Å². The van der Waals surface area contributed by atoms with Gasteiger partial charge in [-0.05, 0) is 83.1 Å². The number of ether oxygens (including phenoxy) is 1. The minimum absolute atomic E-state index is 0.0229. The van der Waals surface area contributed by atoms with Gasteiger partial charge in [0.15, 0.2) is 0 Å². The molecule has 0 aliphatic rings. The topological polar surface area (TPSA) is 114 Å². The predicted molar refractivity (Wildman–Crippen MR) is 321 cm³/mol. The van der Waals surface area contributed by atoms with Crippen molar-refractivity contribution in [2.45, 2.75) is 315 Å². The van der Waals surface area contributed by atoms with Crippen molar-refractivity contribution in [3.05, 3.63) is 48.6 Å². The monoisotopic (exact) mass is 1070 g/mol. The van der Waals surface area contributed by atoms with Crippen LogP contribution >= 0.6 is 7.82 Å². The molecule has 0 saturated heterocycles. The molecule has 1 N–H and O–H groups in total. The van der Waals surface area contributed by atoms with E-state index in [0.29, 0.717) is 17.4 Å². The molecule has 10 heteroatoms. The van der Waals surface area contributed by atoms with Gasteiger partial charge < -0.3 is 28.5 Å². The van der Waals surface area contributed by atoms with Crippen LogP contribution in [0.1, 0.15) is 303 Å². The number of phosphoric acid groups is 1. The van der Waals surface area contributed by atoms with Crippen LogP contribution in [0.5, 0.6) is 0 Å². The maximum absolute atomic E-state index is 13.5. The Morgan fingerprint density at radius 1 is 0.480 bits per heavy atom. The third-order valence-electron chi connectivity index (χ3n) is 14.2. The highest BCUT2D eigenvalue weighted by Gasteiger charge is 2.27. The molecule has 0 aromatic rings. The molecule has 0 aromatic heterocycles. The molecule has 0 aromatic carbocycles. The molecular weight excluding hydrogens is 952 g/mol. The Hall–Kier alpha value is -2.03. The molecule has 1 amide bonds. The smallest absolute Gasteiger partial charge is 0.306 e. The number of likely N-dealkylation sites (N-methyl/N-ethyl adjacent to an activating group) is 1. The molecule has 440 valence electrons. The number of allylic oxidation sites excluding steroid dienone is 7. The lowest BCUT2D eigenvalue weighted by molar-refractivity contribution is -0.870. The minimum atomic E-state index is -4.70. The summed E-state index contributed by atoms with van der Waals surface area (Å²) in [6.07, 6.45) is 68.0. The summed E-state index contributed by atoms with van der Waals surface area (Å²) >= 11 is 0. The molecule has 0 rings (SSSR count). The first kappa shape index (κ1) is 73.0. The van der Waals surface area contributed by atoms with Crippen LogP contribution in [-0.2, 0) is 27.9 Å². The van der Waals surface area contributed by atoms with Crippen LogP contribution in [0.15, 0.2) is 48.6 Å². The van der Waals surface area contributed by atoms with Crippen molar-refractivity contribution >= 4 is 19.7 Å². The second-order valence-electron chi connectivity index (χ2n) is 22.9. The van der Waals surface area contributed by atoms with E-state index in [1.54, 1.807) is 0 Å². The van der Waals surface area contributed by atoms with E-state index >= 15 is 0 Å². The van der Waals surface area contributed by atoms with E-state index in [1.165, 1.54) is 186 Å². The summed E-state index contributed by atoms with van der Waals surface area (Å²) in [7, 11) is 1.19. The van der Waals surface area contributed by atoms with E-state index in [0.717, 1.165) is 83.5 Å². The lowest BCUT2D eigenvalue weighted by atomic mass is 10.0. The van der Waals surface area contributed by atoms with E-state index < -0.39 is 20.0 Å². The normalized spacial score (nSPS) is 14.0. The zero-order valence-electron chi connectivity index (χ0n) is 50.3. The average molecular weight is 1080 g/mol. The number of hydrogen-bond acceptors (Lipinski definition) is 7. The van der Waals surface area contributed by atoms with Crippen molar-refractivity contribution in [2.24, 2.45) is 0 Å². The Labute approximate surface area is 465 Å². The van der Waals surface area contributed by atoms with Gasteiger partial charge in [-0.2, -0.15) is 0 Å². The first-order valence-electron chi connectivity index (χ1n) is 31.9. The standard InChI is InChI=1S/C65H123N2O7P/c1-7-10-13-16-19-22-25-28-30-31-32-33-34-35-36-37-38-39-42-45-48-51-54-57-64(68)66-62(61-73-75(70,71)72-60-59-67(4,5)6)63(56-53-50-47-44-41-27-24-21-18-15-12-9-3)74-65(69)58-55-52-49-46-43-40-29-26-23-20-17-14-11-8-2/h11,14,20,23,28,30,53,56,62-63H,7-10,12-13,15-19,21-22,24-27,29,31-52,54-55,57-61H2,1-6H3,(H-,66,68,70,71)/b14-11+,23-20+,30-28+,56-53-. The number of nitrogens with zero attached hydrogens (tertiary/aromatic N) is 1. The number of carbonyl (C=O) groups excluding carboxylic acids is 2. The number of hydrogen-bond donors (Lipinski definition) is 1. The molecule has 0 spiro atoms. The van der Waals surface area contributed by atoms with Gasteiger partial charge in [-0.25, -0.2) is 0 Å². The van der Waals surface area contributed by atoms with Crippen molar-refractivity contribution in [1.29, 1.82) is 0 Å². The van der Waals surface area contributed by atoms with Crippen LogP contribution in [0.25, 0.3) is 0 Å². The lowest BCUT2D eigenvalue weighted by Crippen LogP contribution is -2.47. The van der Waals surface area contributed by atoms with Crippen molar-refractivity contribution in [1.82, 2.24) is 5.32 Å². The number of unbranched alkanes of at least 4 members (excludes halogenated alkanes) is 36. The fraction of sp³-hybridized carbons (Fsp3) is 0.846. The first-order valence-corrected chi connectivity index (χ1v) is 33.4. The van der Waals surface area contributed by atoms with Crippen molar-refractivity contribution in [3.8, 4) is 0 Å². The van der Waals surface area contributed by atoms with E-state index in [2.05, 4.69) is 62.5 Å². The first-order chi connectivity index (χ1) is 36.4. The van der Waals surface area contributed by atoms with Crippen LogP contribution in [0, 0.1) is 0 Å². The van der Waals surface area contributed by atoms with Crippen LogP contribution in [-0.4, -0.2) is 69.4 Å². The quantitative estimate of drug-likeness (QED) is 0.0212. The summed E-state index contributed by atoms with van der Waals surface area (Å²) in [6, 6.07) is -0.890. The summed E-state index contributed by atoms with van der Waals surface area (Å²) < 4.78 is 30.3. The van der Waals surface area contributed by atoms with E-state index in [9.17, 15) is 19.0 Å². The number of amides is 1. The van der Waals surface area contributed by atoms with E-state index in [-0.39, 0.29) is 31.5 Å². The summed E-state index contributed by atoms with van der Waals surface area (Å²) in [5.74, 6) is -0.542. The van der Waals surface area contributed by atoms with Gasteiger partial charge in [0.25, 0.3) is 7.82 Å². The highest BCUT2D eigenvalue weighted by atomic mass is 31.2. The van der Waals surface area contributed by atoms with Crippen molar-refractivity contribution in [3.63, 3.8) is 0 Å². The molecule has 0 aliphatic carbocycles. The minimum Gasteiger partial charge on any atom is -0.756 e. The summed E-state index contributed by atoms with van der Waals surface area (Å²) in [5.41, 5.74) is 0. The Balaban J connectivity index is 5.13. The van der Waals surface area contributed by atoms with E-state index in [4.69, 9.17) is 13.8 Å². The van der Waals surface area contributed by atoms with Gasteiger partial charge in [-0.15, -0.1) is 0 Å². The van der Waals surface area contributed by atoms with Gasteiger partial charge in [-0.1, -0.05) is 256 Å². The SMILES string of the molecule is CC/C=C/C/C=C/CCCCCCCCCC(=O)OC(/C=C\CCCCCCCCCCCC)C(COP(=O)([O-])OCC[N+](C)(C)C)NC(=O)CCCCCCCCCCCCCCC/C=C/CCCCCCCC. The van der Waals surface area contributed by atoms with Gasteiger partial charge in [0.05, 0.1) is 33.8 Å². The van der Waals surface area contributed by atoms with Crippen LogP contribution in [0.3, 0.4) is 0 Å². The number of quaternary nitrogens is 1. The lowest BCUT2D eigenvalue weighted by Gasteiger charge is -2.30. The summed E-state index contributed by atoms with van der Waals surface area (Å²) in [6.45, 7) is 6.75. The Bertz CT molecular complexity index is 1420. The van der Waals surface area contributed by atoms with Gasteiger partial charge in [0, 0.05) is 12.8 Å². The van der Waals surface area contributed by atoms with Crippen LogP contribution in [0.2, 0.25) is 0 Å². The molecule has 9 nitrogen and oxygen atoms in total. The zero-order valence-corrected chi connectivity index (χ0v) is 51.2. The van der Waals surface area contributed by atoms with Gasteiger partial charge in [0.1, 0.15) is 19.3 Å². The molecule has 0 aliphatic heterocycles. The Morgan fingerprint density at radius 2 is 0.853 bits per heavy atom. The third kappa shape index (κ3) is 56.5. The molecule has 0 saturated carbocycles. The second kappa shape index (κ2) is 55.3.